The molecule has 1 aromatic carbocycles. The molecule has 1 saturated carbocycles. The Kier molecular flexibility index (Phi) is 4.22. The Bertz CT molecular complexity index is 1270. The molecule has 5 rings (SSSR count). The maximum absolute atomic E-state index is 13.3. The molecule has 0 bridgehead atoms. The van der Waals surface area contributed by atoms with Crippen molar-refractivity contribution in [1.29, 1.82) is 0 Å². The minimum absolute atomic E-state index is 0. The van der Waals surface area contributed by atoms with Crippen molar-refractivity contribution >= 4 is 5.78 Å². The van der Waals surface area contributed by atoms with Gasteiger partial charge in [-0.05, 0) is 55.2 Å². The summed E-state index contributed by atoms with van der Waals surface area (Å²) in [6.07, 6.45) is -0.771. The van der Waals surface area contributed by atoms with Gasteiger partial charge in [0.15, 0.2) is 11.5 Å². The van der Waals surface area contributed by atoms with Crippen molar-refractivity contribution in [3.05, 3.63) is 75.8 Å². The molecule has 0 amide bonds. The zero-order valence-electron chi connectivity index (χ0n) is 16.6. The molecule has 3 heterocycles. The molecule has 1 fully saturated rings. The lowest BCUT2D eigenvalue weighted by Crippen LogP contribution is -2.26. The minimum Gasteiger partial charge on any atom is -0.395 e. The fourth-order valence-corrected chi connectivity index (χ4v) is 3.99. The number of aromatic amines is 1. The first kappa shape index (κ1) is 19.4. The van der Waals surface area contributed by atoms with Gasteiger partial charge in [-0.15, -0.1) is 8.78 Å². The van der Waals surface area contributed by atoms with Crippen molar-refractivity contribution in [2.24, 2.45) is 0 Å². The van der Waals surface area contributed by atoms with Crippen molar-refractivity contribution in [2.75, 3.05) is 0 Å². The largest absolute Gasteiger partial charge is 0.586 e. The number of fused-ring (bicyclic) bond motifs is 1. The van der Waals surface area contributed by atoms with Crippen molar-refractivity contribution in [3.8, 4) is 22.8 Å². The molecule has 0 atom stereocenters. The summed E-state index contributed by atoms with van der Waals surface area (Å²) in [5, 5.41) is 0. The van der Waals surface area contributed by atoms with Crippen molar-refractivity contribution in [3.63, 3.8) is 0 Å². The smallest absolute Gasteiger partial charge is 0.395 e. The fraction of sp³-hybridized carbons (Fsp3) is 0.261. The number of Topliss-reactive ketones (excluding diaryl/α,β-unsaturated/α-hetero) is 1. The molecule has 8 heteroatoms. The number of alkyl halides is 2. The first-order valence-corrected chi connectivity index (χ1v) is 9.85. The van der Waals surface area contributed by atoms with Crippen LogP contribution < -0.4 is 15.0 Å². The number of H-pyrrole nitrogens is 1. The number of nitrogens with zero attached hydrogens (tertiary/aromatic N) is 1. The van der Waals surface area contributed by atoms with Crippen LogP contribution in [0.25, 0.3) is 11.3 Å². The molecule has 160 valence electrons. The van der Waals surface area contributed by atoms with Gasteiger partial charge in [0, 0.05) is 31.4 Å². The van der Waals surface area contributed by atoms with E-state index >= 15 is 0 Å². The Balaban J connectivity index is 0.00000245. The number of hydrogen-bond donors (Lipinski definition) is 1. The minimum atomic E-state index is -3.69. The quantitative estimate of drug-likeness (QED) is 0.663. The van der Waals surface area contributed by atoms with E-state index < -0.39 is 11.7 Å². The summed E-state index contributed by atoms with van der Waals surface area (Å²) in [6.45, 7) is 1.89. The molecule has 1 N–H and O–H groups in total. The standard InChI is InChI=1S/C23H18F2N2O4.H2/c1-13-2-4-16(27-21(13)14-6-9-26-20(29)10-14)12-19(28)22(7-8-22)15-3-5-17-18(11-15)31-23(24,25)30-17;/h2-6,9-11H,7-8,12H2,1H3,(H,26,29);1H. The maximum atomic E-state index is 13.3. The number of aromatic nitrogens is 2. The normalized spacial score (nSPS) is 17.4. The number of nitrogens with one attached hydrogen (secondary N) is 1. The van der Waals surface area contributed by atoms with E-state index in [-0.39, 0.29) is 30.7 Å². The second kappa shape index (κ2) is 6.73. The number of carbonyl (C=O) groups is 1. The SMILES string of the molecule is Cc1ccc(CC(=O)C2(c3ccc4c(c3)OC(F)(F)O4)CC2)nc1-c1cc[nH]c(=O)c1.[HH]. The van der Waals surface area contributed by atoms with E-state index in [1.807, 2.05) is 13.0 Å². The van der Waals surface area contributed by atoms with E-state index in [0.717, 1.165) is 5.56 Å². The average Bonchev–Trinajstić information content (AvgIpc) is 3.46. The summed E-state index contributed by atoms with van der Waals surface area (Å²) in [6, 6.07) is 11.4. The molecule has 2 aromatic heterocycles. The van der Waals surface area contributed by atoms with Crippen LogP contribution in [0.2, 0.25) is 0 Å². The van der Waals surface area contributed by atoms with Crippen LogP contribution in [0, 0.1) is 6.92 Å². The molecular formula is C23H20F2N2O4. The van der Waals surface area contributed by atoms with Gasteiger partial charge in [0.1, 0.15) is 5.78 Å². The van der Waals surface area contributed by atoms with Crippen LogP contribution in [0.15, 0.2) is 53.5 Å². The van der Waals surface area contributed by atoms with Gasteiger partial charge in [-0.3, -0.25) is 14.6 Å². The van der Waals surface area contributed by atoms with E-state index in [1.54, 1.807) is 24.4 Å². The number of halogens is 2. The van der Waals surface area contributed by atoms with Crippen LogP contribution in [0.1, 0.15) is 31.1 Å². The van der Waals surface area contributed by atoms with Crippen LogP contribution >= 0.6 is 0 Å². The van der Waals surface area contributed by atoms with Gasteiger partial charge < -0.3 is 14.5 Å². The number of ketones is 1. The Morgan fingerprint density at radius 3 is 2.65 bits per heavy atom. The number of benzene rings is 1. The van der Waals surface area contributed by atoms with Gasteiger partial charge in [0.25, 0.3) is 0 Å². The Hall–Kier alpha value is -3.55. The lowest BCUT2D eigenvalue weighted by Gasteiger charge is -2.15. The number of pyridine rings is 2. The van der Waals surface area contributed by atoms with E-state index in [4.69, 9.17) is 0 Å². The lowest BCUT2D eigenvalue weighted by molar-refractivity contribution is -0.286. The van der Waals surface area contributed by atoms with E-state index in [9.17, 15) is 18.4 Å². The van der Waals surface area contributed by atoms with Gasteiger partial charge in [-0.2, -0.15) is 0 Å². The molecule has 0 saturated heterocycles. The van der Waals surface area contributed by atoms with Gasteiger partial charge >= 0.3 is 6.29 Å². The predicted molar refractivity (Wildman–Crippen MR) is 109 cm³/mol. The third kappa shape index (κ3) is 3.48. The second-order valence-electron chi connectivity index (χ2n) is 7.92. The van der Waals surface area contributed by atoms with Crippen molar-refractivity contribution in [1.82, 2.24) is 9.97 Å². The lowest BCUT2D eigenvalue weighted by atomic mass is 9.88. The third-order valence-electron chi connectivity index (χ3n) is 5.78. The van der Waals surface area contributed by atoms with E-state index in [1.165, 1.54) is 18.2 Å². The molecule has 0 radical (unpaired) electrons. The zero-order valence-corrected chi connectivity index (χ0v) is 16.6. The first-order chi connectivity index (χ1) is 14.8. The molecule has 31 heavy (non-hydrogen) atoms. The van der Waals surface area contributed by atoms with Gasteiger partial charge in [0.2, 0.25) is 5.56 Å². The molecule has 1 aliphatic carbocycles. The summed E-state index contributed by atoms with van der Waals surface area (Å²) in [4.78, 5) is 32.0. The zero-order chi connectivity index (χ0) is 21.8. The first-order valence-electron chi connectivity index (χ1n) is 9.85. The highest BCUT2D eigenvalue weighted by molar-refractivity contribution is 5.94. The monoisotopic (exact) mass is 426 g/mol. The summed E-state index contributed by atoms with van der Waals surface area (Å²) in [7, 11) is 0. The number of ether oxygens (including phenoxy) is 2. The van der Waals surface area contributed by atoms with Crippen LogP contribution in [0.5, 0.6) is 11.5 Å². The second-order valence-corrected chi connectivity index (χ2v) is 7.92. The highest BCUT2D eigenvalue weighted by Gasteiger charge is 2.52. The topological polar surface area (TPSA) is 81.3 Å². The summed E-state index contributed by atoms with van der Waals surface area (Å²) in [5.41, 5.74) is 2.47. The van der Waals surface area contributed by atoms with E-state index in [2.05, 4.69) is 19.4 Å². The van der Waals surface area contributed by atoms with Crippen LogP contribution in [-0.4, -0.2) is 22.0 Å². The van der Waals surface area contributed by atoms with Gasteiger partial charge in [0.05, 0.1) is 11.1 Å². The molecular weight excluding hydrogens is 406 g/mol. The maximum Gasteiger partial charge on any atom is 0.586 e. The van der Waals surface area contributed by atoms with Crippen molar-refractivity contribution in [2.45, 2.75) is 37.9 Å². The third-order valence-corrected chi connectivity index (χ3v) is 5.78. The Morgan fingerprint density at radius 1 is 1.13 bits per heavy atom. The van der Waals surface area contributed by atoms with Crippen molar-refractivity contribution < 1.29 is 24.5 Å². The molecule has 6 nitrogen and oxygen atoms in total. The molecule has 2 aliphatic rings. The molecule has 0 unspecified atom stereocenters. The summed E-state index contributed by atoms with van der Waals surface area (Å²) < 4.78 is 35.6. The van der Waals surface area contributed by atoms with Crippen LogP contribution in [0.3, 0.4) is 0 Å². The van der Waals surface area contributed by atoms with Crippen LogP contribution in [0.4, 0.5) is 8.78 Å². The fourth-order valence-electron chi connectivity index (χ4n) is 3.99. The molecule has 3 aromatic rings. The summed E-state index contributed by atoms with van der Waals surface area (Å²) in [5.74, 6) is -0.141. The number of rotatable bonds is 5. The Morgan fingerprint density at radius 2 is 1.90 bits per heavy atom. The molecule has 1 aliphatic heterocycles. The van der Waals surface area contributed by atoms with E-state index in [0.29, 0.717) is 35.4 Å². The highest BCUT2D eigenvalue weighted by atomic mass is 19.3. The van der Waals surface area contributed by atoms with Gasteiger partial charge in [-0.25, -0.2) is 0 Å². The van der Waals surface area contributed by atoms with Crippen LogP contribution in [-0.2, 0) is 16.6 Å². The number of carbonyl (C=O) groups excluding carboxylic acids is 1. The number of aryl methyl sites for hydroxylation is 1. The average molecular weight is 426 g/mol. The summed E-state index contributed by atoms with van der Waals surface area (Å²) >= 11 is 0. The predicted octanol–water partition coefficient (Wildman–Crippen LogP) is 4.16. The van der Waals surface area contributed by atoms with Gasteiger partial charge in [-0.1, -0.05) is 12.1 Å². The number of hydrogen-bond acceptors (Lipinski definition) is 5. The Labute approximate surface area is 177 Å². The molecule has 0 spiro atoms. The highest BCUT2D eigenvalue weighted by Crippen LogP contribution is 2.52.